The molecule has 6 amide bonds. The van der Waals surface area contributed by atoms with Crippen LogP contribution in [0.2, 0.25) is 0 Å². The van der Waals surface area contributed by atoms with Crippen LogP contribution in [0.1, 0.15) is 77.6 Å². The van der Waals surface area contributed by atoms with Crippen molar-refractivity contribution < 1.29 is 53.7 Å². The Balaban J connectivity index is 1.88. The second kappa shape index (κ2) is 27.8. The van der Waals surface area contributed by atoms with E-state index in [0.29, 0.717) is 54.5 Å². The molecule has 0 aliphatic heterocycles. The van der Waals surface area contributed by atoms with Gasteiger partial charge < -0.3 is 57.9 Å². The highest BCUT2D eigenvalue weighted by Crippen LogP contribution is 2.16. The molecule has 2 atom stereocenters. The Bertz CT molecular complexity index is 1750. The van der Waals surface area contributed by atoms with E-state index >= 15 is 0 Å². The van der Waals surface area contributed by atoms with Gasteiger partial charge in [0.2, 0.25) is 11.8 Å². The van der Waals surface area contributed by atoms with Crippen molar-refractivity contribution in [3.63, 3.8) is 0 Å². The molecule has 2 aromatic rings. The number of halogens is 2. The number of carboxylic acids is 3. The molecular weight excluding hydrogens is 949 g/mol. The standard InChI is InChI=1S/C38H52BrIN8O11/c39-27-9-7-24(8-10-27)23-48(18-4-2-5-29(36(55)56)46-38(59)47-30(37(57)58)11-12-33(51)52)32(50)6-1-3-14-44-34(53)25-19-26(21-28(40)20-25)35(54)45-17-16-43-31(49)22-42-15-13-41/h7-10,19-21,29-30,42H,1-6,11-18,22-23,41H2,(H,43,49)(H,44,53)(H,45,54)(H,51,52)(H,55,56)(H,57,58)(H2,46,47,59)/t29-,30-/m0/s1/i40-2. The van der Waals surface area contributed by atoms with Gasteiger partial charge in [-0.2, -0.15) is 0 Å². The molecule has 11 N–H and O–H groups in total. The summed E-state index contributed by atoms with van der Waals surface area (Å²) < 4.78 is 1.54. The number of carbonyl (C=O) groups is 8. The lowest BCUT2D eigenvalue weighted by atomic mass is 10.1. The number of unbranched alkanes of at least 4 members (excludes halogenated alkanes) is 2. The molecule has 0 aliphatic rings. The van der Waals surface area contributed by atoms with Crippen LogP contribution in [-0.2, 0) is 30.5 Å². The third-order valence-corrected chi connectivity index (χ3v) is 9.68. The van der Waals surface area contributed by atoms with Gasteiger partial charge in [0, 0.05) is 77.8 Å². The fourth-order valence-corrected chi connectivity index (χ4v) is 6.39. The molecule has 0 spiro atoms. The van der Waals surface area contributed by atoms with E-state index in [1.54, 1.807) is 17.0 Å². The Morgan fingerprint density at radius 3 is 1.90 bits per heavy atom. The molecule has 0 unspecified atom stereocenters. The summed E-state index contributed by atoms with van der Waals surface area (Å²) in [5.74, 6) is -5.21. The number of amides is 6. The maximum Gasteiger partial charge on any atom is 0.326 e. The topological polar surface area (TPSA) is 299 Å². The molecule has 19 nitrogen and oxygen atoms in total. The van der Waals surface area contributed by atoms with E-state index in [2.05, 4.69) is 47.8 Å². The van der Waals surface area contributed by atoms with Crippen LogP contribution in [0.15, 0.2) is 46.9 Å². The van der Waals surface area contributed by atoms with Gasteiger partial charge in [-0.3, -0.25) is 24.0 Å². The third-order valence-electron chi connectivity index (χ3n) is 8.53. The lowest BCUT2D eigenvalue weighted by Gasteiger charge is -2.24. The monoisotopic (exact) mass is 1000 g/mol. The lowest BCUT2D eigenvalue weighted by Crippen LogP contribution is -2.51. The van der Waals surface area contributed by atoms with Crippen molar-refractivity contribution >= 4 is 86.1 Å². The van der Waals surface area contributed by atoms with Crippen molar-refractivity contribution in [2.45, 2.75) is 70.0 Å². The Kier molecular flexibility index (Phi) is 23.6. The molecule has 0 aromatic heterocycles. The van der Waals surface area contributed by atoms with Gasteiger partial charge in [0.05, 0.1) is 6.54 Å². The molecule has 0 saturated heterocycles. The number of aliphatic carboxylic acids is 3. The Labute approximate surface area is 363 Å². The molecule has 0 heterocycles. The number of nitrogens with two attached hydrogens (primary N) is 1. The van der Waals surface area contributed by atoms with E-state index in [4.69, 9.17) is 10.8 Å². The van der Waals surface area contributed by atoms with Crippen LogP contribution >= 0.6 is 38.5 Å². The van der Waals surface area contributed by atoms with Crippen molar-refractivity contribution in [2.24, 2.45) is 5.73 Å². The van der Waals surface area contributed by atoms with Gasteiger partial charge in [-0.1, -0.05) is 28.1 Å². The summed E-state index contributed by atoms with van der Waals surface area (Å²) in [4.78, 5) is 99.0. The van der Waals surface area contributed by atoms with Crippen LogP contribution in [0.25, 0.3) is 0 Å². The van der Waals surface area contributed by atoms with Gasteiger partial charge >= 0.3 is 23.9 Å². The number of benzene rings is 2. The van der Waals surface area contributed by atoms with Crippen molar-refractivity contribution in [2.75, 3.05) is 45.8 Å². The smallest absolute Gasteiger partial charge is 0.326 e. The maximum absolute atomic E-state index is 13.4. The predicted octanol–water partition coefficient (Wildman–Crippen LogP) is 1.62. The lowest BCUT2D eigenvalue weighted by molar-refractivity contribution is -0.141. The van der Waals surface area contributed by atoms with E-state index < -0.39 is 48.4 Å². The van der Waals surface area contributed by atoms with Gasteiger partial charge in [-0.15, -0.1) is 0 Å². The van der Waals surface area contributed by atoms with Gasteiger partial charge in [-0.25, -0.2) is 14.4 Å². The van der Waals surface area contributed by atoms with Crippen LogP contribution in [0.3, 0.4) is 0 Å². The number of nitrogens with zero attached hydrogens (tertiary/aromatic N) is 1. The number of hydrogen-bond acceptors (Lipinski definition) is 10. The molecular formula is C38H52BrIN8O11. The fourth-order valence-electron chi connectivity index (χ4n) is 5.46. The van der Waals surface area contributed by atoms with E-state index in [0.717, 1.165) is 10.0 Å². The quantitative estimate of drug-likeness (QED) is 0.0429. The molecule has 324 valence electrons. The Morgan fingerprint density at radius 1 is 0.712 bits per heavy atom. The highest BCUT2D eigenvalue weighted by Gasteiger charge is 2.25. The van der Waals surface area contributed by atoms with Crippen LogP contribution in [0, 0.1) is 3.57 Å². The molecule has 0 bridgehead atoms. The summed E-state index contributed by atoms with van der Waals surface area (Å²) >= 11 is 5.42. The number of carboxylic acid groups (broad SMARTS) is 3. The summed E-state index contributed by atoms with van der Waals surface area (Å²) in [6.45, 7) is 2.30. The van der Waals surface area contributed by atoms with Crippen LogP contribution < -0.4 is 37.6 Å². The van der Waals surface area contributed by atoms with Crippen LogP contribution in [-0.4, -0.2) is 126 Å². The minimum Gasteiger partial charge on any atom is -0.481 e. The van der Waals surface area contributed by atoms with Crippen molar-refractivity contribution in [3.05, 3.63) is 67.2 Å². The summed E-state index contributed by atoms with van der Waals surface area (Å²) in [6.07, 6.45) is 0.895. The first kappa shape index (κ1) is 50.3. The molecule has 2 rings (SSSR count). The van der Waals surface area contributed by atoms with E-state index in [1.807, 2.05) is 46.9 Å². The molecule has 2 aromatic carbocycles. The van der Waals surface area contributed by atoms with E-state index in [-0.39, 0.29) is 75.3 Å². The molecule has 59 heavy (non-hydrogen) atoms. The molecule has 0 radical (unpaired) electrons. The average molecular weight is 1000 g/mol. The number of hydrogen-bond donors (Lipinski definition) is 10. The minimum absolute atomic E-state index is 0.0176. The number of carbonyl (C=O) groups excluding carboxylic acids is 5. The SMILES string of the molecule is NCCNCC(=O)NCCNC(=O)c1cc([125I])cc(C(=O)NCCCCC(=O)N(CCCC[C@H](NC(=O)N[C@@H](CCC(=O)O)C(=O)O)C(=O)O)Cc2ccc(Br)cc2)c1. The number of rotatable bonds is 28. The third kappa shape index (κ3) is 21.1. The van der Waals surface area contributed by atoms with Crippen LogP contribution in [0.4, 0.5) is 4.79 Å². The zero-order valence-corrected chi connectivity index (χ0v) is 36.1. The molecule has 0 aliphatic carbocycles. The van der Waals surface area contributed by atoms with Gasteiger partial charge in [0.15, 0.2) is 0 Å². The highest BCUT2D eigenvalue weighted by molar-refractivity contribution is 14.1. The Hall–Kier alpha value is -4.87. The summed E-state index contributed by atoms with van der Waals surface area (Å²) in [6, 6.07) is 8.26. The zero-order chi connectivity index (χ0) is 43.7. The van der Waals surface area contributed by atoms with Gasteiger partial charge in [0.1, 0.15) is 12.1 Å². The highest BCUT2D eigenvalue weighted by atomic mass is 125. The predicted molar refractivity (Wildman–Crippen MR) is 227 cm³/mol. The summed E-state index contributed by atoms with van der Waals surface area (Å²) in [7, 11) is 0. The molecule has 0 saturated carbocycles. The second-order valence-corrected chi connectivity index (χ2v) is 15.4. The first-order valence-electron chi connectivity index (χ1n) is 18.9. The van der Waals surface area contributed by atoms with Gasteiger partial charge in [0.25, 0.3) is 11.8 Å². The van der Waals surface area contributed by atoms with Crippen molar-refractivity contribution in [1.82, 2.24) is 36.8 Å². The Morgan fingerprint density at radius 2 is 1.31 bits per heavy atom. The van der Waals surface area contributed by atoms with E-state index in [9.17, 15) is 48.6 Å². The average Bonchev–Trinajstić information content (AvgIpc) is 3.18. The summed E-state index contributed by atoms with van der Waals surface area (Å²) in [5, 5.41) is 43.2. The number of urea groups is 1. The second-order valence-electron chi connectivity index (χ2n) is 13.3. The molecule has 0 fully saturated rings. The summed E-state index contributed by atoms with van der Waals surface area (Å²) in [5.41, 5.74) is 6.83. The van der Waals surface area contributed by atoms with Crippen molar-refractivity contribution in [3.8, 4) is 0 Å². The fraction of sp³-hybridized carbons (Fsp3) is 0.474. The number of nitrogens with one attached hydrogen (secondary N) is 6. The first-order valence-corrected chi connectivity index (χ1v) is 20.8. The van der Waals surface area contributed by atoms with Crippen molar-refractivity contribution in [1.29, 1.82) is 0 Å². The maximum atomic E-state index is 13.4. The van der Waals surface area contributed by atoms with Crippen LogP contribution in [0.5, 0.6) is 0 Å². The van der Waals surface area contributed by atoms with E-state index in [1.165, 1.54) is 6.07 Å². The largest absolute Gasteiger partial charge is 0.481 e. The van der Waals surface area contributed by atoms with Gasteiger partial charge in [-0.05, 0) is 97.0 Å². The normalized spacial score (nSPS) is 11.7. The zero-order valence-electron chi connectivity index (χ0n) is 32.4. The minimum atomic E-state index is -1.52. The molecule has 21 heteroatoms. The first-order chi connectivity index (χ1) is 28.1.